The topological polar surface area (TPSA) is 98.7 Å². The van der Waals surface area contributed by atoms with Crippen molar-refractivity contribution in [2.24, 2.45) is 5.92 Å². The van der Waals surface area contributed by atoms with Crippen LogP contribution in [0.2, 0.25) is 0 Å². The van der Waals surface area contributed by atoms with Gasteiger partial charge in [0.15, 0.2) is 0 Å². The van der Waals surface area contributed by atoms with Crippen molar-refractivity contribution < 1.29 is 19.5 Å². The average molecular weight is 257 g/mol. The number of nitrogens with one attached hydrogen (secondary N) is 2. The molecule has 1 rings (SSSR count). The van der Waals surface area contributed by atoms with Crippen molar-refractivity contribution in [3.8, 4) is 0 Å². The van der Waals surface area contributed by atoms with Crippen LogP contribution in [0, 0.1) is 5.92 Å². The first-order valence-electron chi connectivity index (χ1n) is 6.02. The van der Waals surface area contributed by atoms with Gasteiger partial charge in [0.05, 0.1) is 5.92 Å². The maximum absolute atomic E-state index is 11.9. The molecule has 1 fully saturated rings. The molecule has 7 heteroatoms. The summed E-state index contributed by atoms with van der Waals surface area (Å²) in [5.74, 6) is -1.77. The number of hydrogen-bond acceptors (Lipinski definition) is 3. The predicted octanol–water partition coefficient (Wildman–Crippen LogP) is -0.373. The zero-order valence-corrected chi connectivity index (χ0v) is 10.6. The highest BCUT2D eigenvalue weighted by Crippen LogP contribution is 2.08. The van der Waals surface area contributed by atoms with E-state index in [9.17, 15) is 14.4 Å². The summed E-state index contributed by atoms with van der Waals surface area (Å²) in [6.07, 6.45) is 0.535. The molecular weight excluding hydrogens is 238 g/mol. The summed E-state index contributed by atoms with van der Waals surface area (Å²) < 4.78 is 0. The summed E-state index contributed by atoms with van der Waals surface area (Å²) in [7, 11) is 0. The number of amides is 3. The number of urea groups is 1. The Labute approximate surface area is 106 Å². The van der Waals surface area contributed by atoms with Gasteiger partial charge in [0.25, 0.3) is 0 Å². The number of carbonyl (C=O) groups is 3. The largest absolute Gasteiger partial charge is 0.481 e. The fourth-order valence-electron chi connectivity index (χ4n) is 1.79. The number of carboxylic acid groups (broad SMARTS) is 1. The first-order chi connectivity index (χ1) is 8.47. The lowest BCUT2D eigenvalue weighted by Crippen LogP contribution is -2.59. The molecule has 3 N–H and O–H groups in total. The van der Waals surface area contributed by atoms with Crippen LogP contribution in [0.25, 0.3) is 0 Å². The van der Waals surface area contributed by atoms with E-state index in [1.807, 2.05) is 6.92 Å². The van der Waals surface area contributed by atoms with Gasteiger partial charge in [0, 0.05) is 19.6 Å². The van der Waals surface area contributed by atoms with Gasteiger partial charge in [-0.05, 0) is 6.42 Å². The third-order valence-electron chi connectivity index (χ3n) is 2.96. The van der Waals surface area contributed by atoms with Crippen LogP contribution in [0.3, 0.4) is 0 Å². The van der Waals surface area contributed by atoms with E-state index < -0.39 is 17.9 Å². The molecule has 102 valence electrons. The zero-order valence-electron chi connectivity index (χ0n) is 10.6. The van der Waals surface area contributed by atoms with E-state index in [1.54, 1.807) is 0 Å². The monoisotopic (exact) mass is 257 g/mol. The van der Waals surface area contributed by atoms with Crippen LogP contribution in [0.4, 0.5) is 4.79 Å². The summed E-state index contributed by atoms with van der Waals surface area (Å²) in [5, 5.41) is 14.0. The van der Waals surface area contributed by atoms with Crippen molar-refractivity contribution in [3.63, 3.8) is 0 Å². The molecule has 0 aliphatic carbocycles. The van der Waals surface area contributed by atoms with Crippen molar-refractivity contribution in [1.82, 2.24) is 15.5 Å². The summed E-state index contributed by atoms with van der Waals surface area (Å²) in [5.41, 5.74) is 0. The molecule has 7 nitrogen and oxygen atoms in total. The minimum Gasteiger partial charge on any atom is -0.481 e. The van der Waals surface area contributed by atoms with Gasteiger partial charge in [0.1, 0.15) is 6.04 Å². The van der Waals surface area contributed by atoms with Crippen LogP contribution in [0.15, 0.2) is 0 Å². The summed E-state index contributed by atoms with van der Waals surface area (Å²) in [6, 6.07) is -0.858. The third-order valence-corrected chi connectivity index (χ3v) is 2.96. The number of aliphatic carboxylic acids is 1. The second-order valence-corrected chi connectivity index (χ2v) is 4.33. The number of rotatable bonds is 4. The first kappa shape index (κ1) is 14.3. The highest BCUT2D eigenvalue weighted by molar-refractivity contribution is 5.88. The van der Waals surface area contributed by atoms with Gasteiger partial charge in [0.2, 0.25) is 5.91 Å². The number of carbonyl (C=O) groups excluding carboxylic acids is 2. The molecule has 1 aliphatic rings. The molecule has 2 unspecified atom stereocenters. The molecule has 0 saturated carbocycles. The first-order valence-corrected chi connectivity index (χ1v) is 6.02. The molecule has 18 heavy (non-hydrogen) atoms. The Balaban J connectivity index is 2.54. The van der Waals surface area contributed by atoms with Crippen LogP contribution in [0.1, 0.15) is 20.3 Å². The van der Waals surface area contributed by atoms with Crippen molar-refractivity contribution in [2.75, 3.05) is 19.6 Å². The fraction of sp³-hybridized carbons (Fsp3) is 0.727. The lowest BCUT2D eigenvalue weighted by Gasteiger charge is -2.34. The van der Waals surface area contributed by atoms with Crippen LogP contribution in [-0.4, -0.2) is 53.6 Å². The van der Waals surface area contributed by atoms with Crippen LogP contribution >= 0.6 is 0 Å². The van der Waals surface area contributed by atoms with Gasteiger partial charge in [-0.2, -0.15) is 0 Å². The average Bonchev–Trinajstić information content (AvgIpc) is 2.34. The number of hydrogen-bond donors (Lipinski definition) is 3. The van der Waals surface area contributed by atoms with Crippen molar-refractivity contribution in [1.29, 1.82) is 0 Å². The highest BCUT2D eigenvalue weighted by atomic mass is 16.4. The molecule has 0 aromatic rings. The van der Waals surface area contributed by atoms with Crippen LogP contribution < -0.4 is 10.6 Å². The standard InChI is InChI=1S/C11H19N3O4/c1-3-8-9(15)12-4-5-14(8)11(18)13-6-7(2)10(16)17/h7-8H,3-6H2,1-2H3,(H,12,15)(H,13,18)(H,16,17). The third kappa shape index (κ3) is 3.35. The molecule has 0 aromatic heterocycles. The maximum atomic E-state index is 11.9. The molecule has 1 saturated heterocycles. The summed E-state index contributed by atoms with van der Waals surface area (Å²) >= 11 is 0. The maximum Gasteiger partial charge on any atom is 0.318 e. The molecule has 3 amide bonds. The van der Waals surface area contributed by atoms with Gasteiger partial charge in [-0.1, -0.05) is 13.8 Å². The van der Waals surface area contributed by atoms with Gasteiger partial charge in [-0.3, -0.25) is 9.59 Å². The van der Waals surface area contributed by atoms with E-state index in [4.69, 9.17) is 5.11 Å². The number of carboxylic acids is 1. The molecule has 1 aliphatic heterocycles. The van der Waals surface area contributed by atoms with Crippen LogP contribution in [-0.2, 0) is 9.59 Å². The van der Waals surface area contributed by atoms with Gasteiger partial charge in [-0.25, -0.2) is 4.79 Å². The van der Waals surface area contributed by atoms with Crippen molar-refractivity contribution in [2.45, 2.75) is 26.3 Å². The van der Waals surface area contributed by atoms with E-state index in [-0.39, 0.29) is 18.5 Å². The normalized spacial score (nSPS) is 21.1. The van der Waals surface area contributed by atoms with E-state index in [2.05, 4.69) is 10.6 Å². The highest BCUT2D eigenvalue weighted by Gasteiger charge is 2.31. The Morgan fingerprint density at radius 3 is 2.83 bits per heavy atom. The van der Waals surface area contributed by atoms with Gasteiger partial charge in [-0.15, -0.1) is 0 Å². The lowest BCUT2D eigenvalue weighted by atomic mass is 10.1. The van der Waals surface area contributed by atoms with E-state index in [1.165, 1.54) is 11.8 Å². The molecular formula is C11H19N3O4. The number of nitrogens with zero attached hydrogens (tertiary/aromatic N) is 1. The molecule has 0 radical (unpaired) electrons. The Hall–Kier alpha value is -1.79. The molecule has 2 atom stereocenters. The Kier molecular flexibility index (Phi) is 4.94. The van der Waals surface area contributed by atoms with Crippen molar-refractivity contribution >= 4 is 17.9 Å². The Morgan fingerprint density at radius 2 is 2.28 bits per heavy atom. The van der Waals surface area contributed by atoms with Gasteiger partial charge < -0.3 is 20.6 Å². The van der Waals surface area contributed by atoms with E-state index in [0.29, 0.717) is 19.5 Å². The van der Waals surface area contributed by atoms with Crippen LogP contribution in [0.5, 0.6) is 0 Å². The molecule has 0 aromatic carbocycles. The fourth-order valence-corrected chi connectivity index (χ4v) is 1.79. The molecule has 0 spiro atoms. The second kappa shape index (κ2) is 6.23. The minimum atomic E-state index is -0.960. The SMILES string of the molecule is CCC1C(=O)NCCN1C(=O)NCC(C)C(=O)O. The zero-order chi connectivity index (χ0) is 13.7. The second-order valence-electron chi connectivity index (χ2n) is 4.33. The quantitative estimate of drug-likeness (QED) is 0.639. The minimum absolute atomic E-state index is 0.0583. The molecule has 1 heterocycles. The smallest absolute Gasteiger partial charge is 0.318 e. The van der Waals surface area contributed by atoms with E-state index in [0.717, 1.165) is 0 Å². The summed E-state index contributed by atoms with van der Waals surface area (Å²) in [6.45, 7) is 4.27. The predicted molar refractivity (Wildman–Crippen MR) is 64.0 cm³/mol. The Morgan fingerprint density at radius 1 is 1.61 bits per heavy atom. The number of piperazine rings is 1. The van der Waals surface area contributed by atoms with Crippen molar-refractivity contribution in [3.05, 3.63) is 0 Å². The lowest BCUT2D eigenvalue weighted by molar-refractivity contribution is -0.141. The molecule has 0 bridgehead atoms. The van der Waals surface area contributed by atoms with Gasteiger partial charge >= 0.3 is 12.0 Å². The Bertz CT molecular complexity index is 345. The van der Waals surface area contributed by atoms with E-state index >= 15 is 0 Å². The summed E-state index contributed by atoms with van der Waals surface area (Å²) in [4.78, 5) is 35.5.